The fourth-order valence-corrected chi connectivity index (χ4v) is 5.39. The van der Waals surface area contributed by atoms with Gasteiger partial charge in [0, 0.05) is 49.0 Å². The van der Waals surface area contributed by atoms with Crippen molar-refractivity contribution >= 4 is 28.4 Å². The van der Waals surface area contributed by atoms with Gasteiger partial charge in [-0.25, -0.2) is 18.2 Å². The van der Waals surface area contributed by atoms with Gasteiger partial charge in [0.05, 0.1) is 23.2 Å². The lowest BCUT2D eigenvalue weighted by Gasteiger charge is -2.34. The minimum absolute atomic E-state index is 0. The van der Waals surface area contributed by atoms with E-state index in [2.05, 4.69) is 44.8 Å². The van der Waals surface area contributed by atoms with Gasteiger partial charge in [0.1, 0.15) is 5.82 Å². The Morgan fingerprint density at radius 1 is 1.02 bits per heavy atom. The van der Waals surface area contributed by atoms with Crippen LogP contribution in [0.1, 0.15) is 56.3 Å². The van der Waals surface area contributed by atoms with Gasteiger partial charge in [0.25, 0.3) is 0 Å². The van der Waals surface area contributed by atoms with E-state index in [9.17, 15) is 13.2 Å². The standard InChI is InChI=1S/C32H30F3N5.H2/c33-23-7-3-6-22(19-23)31(36)27-14-11-25(20-21(27)5-4-10-30(34)35)37-24-15-17-39(18-16-24)32-38-28-8-1-2-9-29(28)40(32)26-12-13-26;/h1-3,6-9,11,14,19-20,24,26,30,36-37H,10,12-13,15-18H2;1H. The van der Waals surface area contributed by atoms with Crippen molar-refractivity contribution in [2.75, 3.05) is 23.3 Å². The molecule has 1 saturated heterocycles. The highest BCUT2D eigenvalue weighted by atomic mass is 19.3. The van der Waals surface area contributed by atoms with Gasteiger partial charge in [-0.3, -0.25) is 5.41 Å². The molecule has 1 aromatic heterocycles. The number of para-hydroxylation sites is 2. The molecule has 206 valence electrons. The number of hydrogen-bond donors (Lipinski definition) is 2. The van der Waals surface area contributed by atoms with Gasteiger partial charge in [-0.2, -0.15) is 0 Å². The number of rotatable bonds is 7. The molecule has 2 N–H and O–H groups in total. The summed E-state index contributed by atoms with van der Waals surface area (Å²) in [6, 6.07) is 20.3. The number of piperidine rings is 1. The zero-order valence-electron chi connectivity index (χ0n) is 22.0. The molecule has 1 aliphatic heterocycles. The summed E-state index contributed by atoms with van der Waals surface area (Å²) in [7, 11) is 0. The van der Waals surface area contributed by atoms with E-state index in [-0.39, 0.29) is 13.2 Å². The third-order valence-corrected chi connectivity index (χ3v) is 7.52. The van der Waals surface area contributed by atoms with Crippen molar-refractivity contribution in [1.29, 1.82) is 5.41 Å². The molecule has 1 saturated carbocycles. The fourth-order valence-electron chi connectivity index (χ4n) is 5.39. The number of benzene rings is 3. The molecule has 3 aromatic carbocycles. The summed E-state index contributed by atoms with van der Waals surface area (Å²) in [5.41, 5.74) is 4.50. The Balaban J connectivity index is 0.00000337. The van der Waals surface area contributed by atoms with Crippen LogP contribution in [0.3, 0.4) is 0 Å². The second-order valence-electron chi connectivity index (χ2n) is 10.5. The zero-order valence-corrected chi connectivity index (χ0v) is 22.0. The molecule has 0 spiro atoms. The van der Waals surface area contributed by atoms with Crippen LogP contribution in [0.2, 0.25) is 0 Å². The lowest BCUT2D eigenvalue weighted by molar-refractivity contribution is 0.155. The molecule has 1 aliphatic carbocycles. The maximum Gasteiger partial charge on any atom is 0.249 e. The summed E-state index contributed by atoms with van der Waals surface area (Å²) in [5.74, 6) is 5.97. The Morgan fingerprint density at radius 2 is 1.82 bits per heavy atom. The summed E-state index contributed by atoms with van der Waals surface area (Å²) >= 11 is 0. The molecular weight excluding hydrogens is 511 g/mol. The predicted molar refractivity (Wildman–Crippen MR) is 155 cm³/mol. The average molecular weight is 544 g/mol. The van der Waals surface area contributed by atoms with E-state index in [0.29, 0.717) is 22.7 Å². The van der Waals surface area contributed by atoms with Gasteiger partial charge in [-0.1, -0.05) is 36.1 Å². The van der Waals surface area contributed by atoms with Crippen LogP contribution in [0.5, 0.6) is 0 Å². The van der Waals surface area contributed by atoms with E-state index in [1.54, 1.807) is 24.3 Å². The van der Waals surface area contributed by atoms with Crippen LogP contribution in [0.4, 0.5) is 24.8 Å². The van der Waals surface area contributed by atoms with Gasteiger partial charge in [0.15, 0.2) is 0 Å². The van der Waals surface area contributed by atoms with Crippen LogP contribution in [0, 0.1) is 23.1 Å². The van der Waals surface area contributed by atoms with Gasteiger partial charge in [-0.05, 0) is 68.1 Å². The molecule has 5 nitrogen and oxygen atoms in total. The summed E-state index contributed by atoms with van der Waals surface area (Å²) in [4.78, 5) is 7.35. The third kappa shape index (κ3) is 5.55. The molecule has 0 amide bonds. The molecule has 0 radical (unpaired) electrons. The topological polar surface area (TPSA) is 56.9 Å². The van der Waals surface area contributed by atoms with E-state index in [4.69, 9.17) is 10.4 Å². The minimum atomic E-state index is -2.53. The number of hydrogen-bond acceptors (Lipinski definition) is 4. The summed E-state index contributed by atoms with van der Waals surface area (Å²) in [6.45, 7) is 1.74. The Labute approximate surface area is 233 Å². The van der Waals surface area contributed by atoms with Gasteiger partial charge < -0.3 is 14.8 Å². The quantitative estimate of drug-likeness (QED) is 0.191. The van der Waals surface area contributed by atoms with Gasteiger partial charge >= 0.3 is 0 Å². The first kappa shape index (κ1) is 26.0. The summed E-state index contributed by atoms with van der Waals surface area (Å²) < 4.78 is 41.7. The highest BCUT2D eigenvalue weighted by Crippen LogP contribution is 2.41. The SMILES string of the molecule is N=C(c1cccc(F)c1)c1ccc(NC2CCN(c3nc4ccccc4n3C3CC3)CC2)cc1C#CCC(F)F.[HH]. The first-order valence-electron chi connectivity index (χ1n) is 13.7. The fraction of sp³-hybridized carbons (Fsp3) is 0.312. The molecule has 40 heavy (non-hydrogen) atoms. The van der Waals surface area contributed by atoms with Crippen molar-refractivity contribution in [3.05, 3.63) is 89.2 Å². The normalized spacial score (nSPS) is 15.8. The van der Waals surface area contributed by atoms with Crippen molar-refractivity contribution in [1.82, 2.24) is 9.55 Å². The molecule has 0 unspecified atom stereocenters. The molecule has 0 bridgehead atoms. The summed E-state index contributed by atoms with van der Waals surface area (Å²) in [6.07, 6.45) is 1.15. The van der Waals surface area contributed by atoms with E-state index >= 15 is 0 Å². The average Bonchev–Trinajstić information content (AvgIpc) is 3.72. The molecule has 2 fully saturated rings. The monoisotopic (exact) mass is 543 g/mol. The van der Waals surface area contributed by atoms with Crippen molar-refractivity contribution in [2.24, 2.45) is 0 Å². The van der Waals surface area contributed by atoms with Crippen LogP contribution in [-0.2, 0) is 0 Å². The third-order valence-electron chi connectivity index (χ3n) is 7.52. The number of halogens is 3. The van der Waals surface area contributed by atoms with Gasteiger partial charge in [-0.15, -0.1) is 0 Å². The second kappa shape index (κ2) is 11.1. The first-order chi connectivity index (χ1) is 19.5. The largest absolute Gasteiger partial charge is 0.382 e. The van der Waals surface area contributed by atoms with E-state index in [0.717, 1.165) is 43.1 Å². The highest BCUT2D eigenvalue weighted by Gasteiger charge is 2.31. The number of aromatic nitrogens is 2. The Kier molecular flexibility index (Phi) is 7.21. The van der Waals surface area contributed by atoms with Crippen molar-refractivity contribution in [2.45, 2.75) is 50.6 Å². The second-order valence-corrected chi connectivity index (χ2v) is 10.5. The van der Waals surface area contributed by atoms with Crippen LogP contribution < -0.4 is 10.2 Å². The van der Waals surface area contributed by atoms with Crippen molar-refractivity contribution in [3.63, 3.8) is 0 Å². The smallest absolute Gasteiger partial charge is 0.249 e. The Hall–Kier alpha value is -4.25. The minimum Gasteiger partial charge on any atom is -0.382 e. The first-order valence-corrected chi connectivity index (χ1v) is 13.7. The Morgan fingerprint density at radius 3 is 2.58 bits per heavy atom. The van der Waals surface area contributed by atoms with Gasteiger partial charge in [0.2, 0.25) is 12.4 Å². The van der Waals surface area contributed by atoms with Crippen LogP contribution >= 0.6 is 0 Å². The van der Waals surface area contributed by atoms with E-state index < -0.39 is 18.7 Å². The molecule has 2 heterocycles. The number of imidazole rings is 1. The molecular formula is C32H32F3N5. The molecule has 0 atom stereocenters. The lowest BCUT2D eigenvalue weighted by atomic mass is 9.96. The lowest BCUT2D eigenvalue weighted by Crippen LogP contribution is -2.40. The molecule has 8 heteroatoms. The van der Waals surface area contributed by atoms with E-state index in [1.165, 1.54) is 30.5 Å². The maximum absolute atomic E-state index is 13.8. The van der Waals surface area contributed by atoms with E-state index in [1.807, 2.05) is 12.1 Å². The van der Waals surface area contributed by atoms with Crippen LogP contribution in [0.15, 0.2) is 66.7 Å². The molecule has 6 rings (SSSR count). The highest BCUT2D eigenvalue weighted by molar-refractivity contribution is 6.12. The number of nitrogens with zero attached hydrogens (tertiary/aromatic N) is 3. The summed E-state index contributed by atoms with van der Waals surface area (Å²) in [5, 5.41) is 12.2. The van der Waals surface area contributed by atoms with Crippen LogP contribution in [-0.4, -0.2) is 40.8 Å². The Bertz CT molecular complexity index is 1610. The number of alkyl halides is 2. The molecule has 4 aromatic rings. The number of anilines is 2. The number of fused-ring (bicyclic) bond motifs is 1. The molecule has 2 aliphatic rings. The van der Waals surface area contributed by atoms with Crippen LogP contribution in [0.25, 0.3) is 11.0 Å². The predicted octanol–water partition coefficient (Wildman–Crippen LogP) is 7.26. The van der Waals surface area contributed by atoms with Crippen molar-refractivity contribution < 1.29 is 14.6 Å². The maximum atomic E-state index is 13.8. The zero-order chi connectivity index (χ0) is 27.6. The van der Waals surface area contributed by atoms with Crippen molar-refractivity contribution in [3.8, 4) is 11.8 Å². The number of nitrogens with one attached hydrogen (secondary N) is 2.